The summed E-state index contributed by atoms with van der Waals surface area (Å²) in [6, 6.07) is 26.3. The van der Waals surface area contributed by atoms with E-state index in [4.69, 9.17) is 9.47 Å². The highest BCUT2D eigenvalue weighted by atomic mass is 16.6. The zero-order valence-electron chi connectivity index (χ0n) is 14.9. The summed E-state index contributed by atoms with van der Waals surface area (Å²) in [6.45, 7) is 0. The largest absolute Gasteiger partial charge is 0.474 e. The number of hydrogen-bond acceptors (Lipinski definition) is 5. The summed E-state index contributed by atoms with van der Waals surface area (Å²) >= 11 is 0. The molecule has 0 aliphatic heterocycles. The van der Waals surface area contributed by atoms with Gasteiger partial charge in [-0.25, -0.2) is 4.79 Å². The molecule has 27 heavy (non-hydrogen) atoms. The van der Waals surface area contributed by atoms with Crippen molar-refractivity contribution in [3.05, 3.63) is 96.1 Å². The number of rotatable bonds is 7. The highest BCUT2D eigenvalue weighted by Crippen LogP contribution is 2.23. The molecule has 0 aromatic heterocycles. The van der Waals surface area contributed by atoms with Crippen LogP contribution in [0.2, 0.25) is 0 Å². The molecule has 0 spiro atoms. The standard InChI is InChI=1S/C22H20N2O3/c1-26-22(25)21(18-8-4-2-5-9-18)27-20-14-12-17(13-15-20)16-23-24-19-10-6-3-7-11-19/h2-16,21,24H,1H3. The summed E-state index contributed by atoms with van der Waals surface area (Å²) in [5.74, 6) is 0.126. The van der Waals surface area contributed by atoms with Crippen molar-refractivity contribution < 1.29 is 14.3 Å². The Bertz CT molecular complexity index is 878. The third-order valence-electron chi connectivity index (χ3n) is 3.83. The first kappa shape index (κ1) is 18.2. The molecule has 0 bridgehead atoms. The van der Waals surface area contributed by atoms with Gasteiger partial charge in [0.2, 0.25) is 6.10 Å². The Balaban J connectivity index is 1.66. The quantitative estimate of drug-likeness (QED) is 0.385. The average Bonchev–Trinajstić information content (AvgIpc) is 2.74. The highest BCUT2D eigenvalue weighted by Gasteiger charge is 2.23. The van der Waals surface area contributed by atoms with Gasteiger partial charge in [-0.15, -0.1) is 0 Å². The molecule has 0 aliphatic rings. The van der Waals surface area contributed by atoms with Crippen LogP contribution in [0.25, 0.3) is 0 Å². The zero-order valence-corrected chi connectivity index (χ0v) is 14.9. The van der Waals surface area contributed by atoms with E-state index < -0.39 is 12.1 Å². The third kappa shape index (κ3) is 5.19. The highest BCUT2D eigenvalue weighted by molar-refractivity contribution is 5.80. The summed E-state index contributed by atoms with van der Waals surface area (Å²) in [7, 11) is 1.35. The number of benzene rings is 3. The number of nitrogens with one attached hydrogen (secondary N) is 1. The van der Waals surface area contributed by atoms with E-state index in [1.807, 2.05) is 72.8 Å². The molecule has 0 saturated heterocycles. The number of anilines is 1. The fraction of sp³-hybridized carbons (Fsp3) is 0.0909. The minimum absolute atomic E-state index is 0.445. The van der Waals surface area contributed by atoms with Crippen LogP contribution in [0.5, 0.6) is 5.75 Å². The second-order valence-electron chi connectivity index (χ2n) is 5.74. The van der Waals surface area contributed by atoms with Gasteiger partial charge in [0.25, 0.3) is 0 Å². The van der Waals surface area contributed by atoms with Gasteiger partial charge in [0.15, 0.2) is 0 Å². The predicted molar refractivity (Wildman–Crippen MR) is 106 cm³/mol. The molecule has 0 radical (unpaired) electrons. The van der Waals surface area contributed by atoms with Crippen molar-refractivity contribution in [2.24, 2.45) is 5.10 Å². The lowest BCUT2D eigenvalue weighted by molar-refractivity contribution is -0.149. The minimum Gasteiger partial charge on any atom is -0.474 e. The zero-order chi connectivity index (χ0) is 18.9. The smallest absolute Gasteiger partial charge is 0.351 e. The Hall–Kier alpha value is -3.60. The second kappa shape index (κ2) is 9.20. The molecule has 3 aromatic carbocycles. The number of nitrogens with zero attached hydrogens (tertiary/aromatic N) is 1. The van der Waals surface area contributed by atoms with Crippen LogP contribution in [-0.4, -0.2) is 19.3 Å². The summed E-state index contributed by atoms with van der Waals surface area (Å²) in [5.41, 5.74) is 5.52. The van der Waals surface area contributed by atoms with Crippen molar-refractivity contribution in [3.8, 4) is 5.75 Å². The van der Waals surface area contributed by atoms with E-state index in [2.05, 4.69) is 10.5 Å². The molecular weight excluding hydrogens is 340 g/mol. The fourth-order valence-electron chi connectivity index (χ4n) is 2.45. The molecule has 5 heteroatoms. The molecule has 5 nitrogen and oxygen atoms in total. The van der Waals surface area contributed by atoms with Gasteiger partial charge in [0, 0.05) is 5.56 Å². The van der Waals surface area contributed by atoms with E-state index >= 15 is 0 Å². The molecule has 0 amide bonds. The molecule has 1 N–H and O–H groups in total. The topological polar surface area (TPSA) is 59.9 Å². The number of methoxy groups -OCH3 is 1. The molecule has 0 saturated carbocycles. The Kier molecular flexibility index (Phi) is 6.20. The van der Waals surface area contributed by atoms with Crippen molar-refractivity contribution in [1.29, 1.82) is 0 Å². The molecule has 0 heterocycles. The Morgan fingerprint density at radius 2 is 1.56 bits per heavy atom. The number of carbonyl (C=O) groups excluding carboxylic acids is 1. The molecule has 3 rings (SSSR count). The predicted octanol–water partition coefficient (Wildman–Crippen LogP) is 4.43. The summed E-state index contributed by atoms with van der Waals surface area (Å²) < 4.78 is 10.7. The summed E-state index contributed by atoms with van der Waals surface area (Å²) in [5, 5.41) is 4.20. The molecule has 0 aliphatic carbocycles. The van der Waals surface area contributed by atoms with Gasteiger partial charge in [-0.3, -0.25) is 5.43 Å². The molecular formula is C22H20N2O3. The number of hydrogen-bond donors (Lipinski definition) is 1. The normalized spacial score (nSPS) is 11.7. The van der Waals surface area contributed by atoms with Gasteiger partial charge in [0.1, 0.15) is 5.75 Å². The molecule has 136 valence electrons. The van der Waals surface area contributed by atoms with E-state index in [0.29, 0.717) is 5.75 Å². The van der Waals surface area contributed by atoms with Crippen LogP contribution in [0.1, 0.15) is 17.2 Å². The monoisotopic (exact) mass is 360 g/mol. The van der Waals surface area contributed by atoms with Gasteiger partial charge in [0.05, 0.1) is 19.0 Å². The lowest BCUT2D eigenvalue weighted by Crippen LogP contribution is -2.20. The molecule has 1 unspecified atom stereocenters. The van der Waals surface area contributed by atoms with Crippen LogP contribution in [0.3, 0.4) is 0 Å². The van der Waals surface area contributed by atoms with E-state index in [-0.39, 0.29) is 0 Å². The van der Waals surface area contributed by atoms with Gasteiger partial charge >= 0.3 is 5.97 Å². The van der Waals surface area contributed by atoms with Gasteiger partial charge in [-0.05, 0) is 42.0 Å². The van der Waals surface area contributed by atoms with Crippen LogP contribution in [0.4, 0.5) is 5.69 Å². The lowest BCUT2D eigenvalue weighted by Gasteiger charge is -2.17. The molecule has 0 fully saturated rings. The first-order valence-electron chi connectivity index (χ1n) is 8.50. The summed E-state index contributed by atoms with van der Waals surface area (Å²) in [6.07, 6.45) is 0.904. The number of carbonyl (C=O) groups is 1. The van der Waals surface area contributed by atoms with Crippen LogP contribution in [-0.2, 0) is 9.53 Å². The summed E-state index contributed by atoms with van der Waals surface area (Å²) in [4.78, 5) is 12.1. The van der Waals surface area contributed by atoms with Gasteiger partial charge in [-0.1, -0.05) is 48.5 Å². The lowest BCUT2D eigenvalue weighted by atomic mass is 10.1. The number of esters is 1. The van der Waals surface area contributed by atoms with Crippen molar-refractivity contribution >= 4 is 17.9 Å². The maximum absolute atomic E-state index is 12.1. The first-order valence-corrected chi connectivity index (χ1v) is 8.50. The van der Waals surface area contributed by atoms with Crippen LogP contribution in [0.15, 0.2) is 90.0 Å². The van der Waals surface area contributed by atoms with Crippen molar-refractivity contribution in [2.45, 2.75) is 6.10 Å². The third-order valence-corrected chi connectivity index (χ3v) is 3.83. The number of hydrazone groups is 1. The Morgan fingerprint density at radius 3 is 2.19 bits per heavy atom. The number of para-hydroxylation sites is 1. The molecule has 3 aromatic rings. The van der Waals surface area contributed by atoms with Crippen molar-refractivity contribution in [3.63, 3.8) is 0 Å². The van der Waals surface area contributed by atoms with Crippen LogP contribution < -0.4 is 10.2 Å². The van der Waals surface area contributed by atoms with Crippen molar-refractivity contribution in [2.75, 3.05) is 12.5 Å². The maximum atomic E-state index is 12.1. The van der Waals surface area contributed by atoms with Gasteiger partial charge in [-0.2, -0.15) is 5.10 Å². The second-order valence-corrected chi connectivity index (χ2v) is 5.74. The van der Waals surface area contributed by atoms with E-state index in [9.17, 15) is 4.79 Å². The van der Waals surface area contributed by atoms with Crippen LogP contribution in [0, 0.1) is 0 Å². The minimum atomic E-state index is -0.810. The average molecular weight is 360 g/mol. The Morgan fingerprint density at radius 1 is 0.926 bits per heavy atom. The fourth-order valence-corrected chi connectivity index (χ4v) is 2.45. The van der Waals surface area contributed by atoms with E-state index in [0.717, 1.165) is 16.8 Å². The maximum Gasteiger partial charge on any atom is 0.351 e. The molecule has 1 atom stereocenters. The number of ether oxygens (including phenoxy) is 2. The SMILES string of the molecule is COC(=O)C(Oc1ccc(C=NNc2ccccc2)cc1)c1ccccc1. The van der Waals surface area contributed by atoms with Crippen LogP contribution >= 0.6 is 0 Å². The van der Waals surface area contributed by atoms with Gasteiger partial charge < -0.3 is 9.47 Å². The van der Waals surface area contributed by atoms with Crippen molar-refractivity contribution in [1.82, 2.24) is 0 Å². The van der Waals surface area contributed by atoms with E-state index in [1.165, 1.54) is 7.11 Å². The first-order chi connectivity index (χ1) is 13.3. The Labute approximate surface area is 158 Å². The van der Waals surface area contributed by atoms with E-state index in [1.54, 1.807) is 18.3 Å².